The summed E-state index contributed by atoms with van der Waals surface area (Å²) in [5.74, 6) is -2.14. The Kier molecular flexibility index (Phi) is 7.00. The van der Waals surface area contributed by atoms with Gasteiger partial charge in [0.1, 0.15) is 5.75 Å². The Bertz CT molecular complexity index is 888. The van der Waals surface area contributed by atoms with Crippen molar-refractivity contribution in [1.29, 1.82) is 0 Å². The molecule has 2 aromatic carbocycles. The summed E-state index contributed by atoms with van der Waals surface area (Å²) >= 11 is 0. The Morgan fingerprint density at radius 1 is 1.11 bits per heavy atom. The molecule has 4 N–H and O–H groups in total. The third-order valence-corrected chi connectivity index (χ3v) is 3.88. The van der Waals surface area contributed by atoms with Crippen molar-refractivity contribution in [1.82, 2.24) is 0 Å². The van der Waals surface area contributed by atoms with E-state index in [-0.39, 0.29) is 29.2 Å². The number of esters is 1. The molecule has 0 aromatic heterocycles. The number of phenolic OH excluding ortho intramolecular Hbond substituents is 1. The fourth-order valence-electron chi connectivity index (χ4n) is 2.44. The summed E-state index contributed by atoms with van der Waals surface area (Å²) in [6.45, 7) is -0.408. The van der Waals surface area contributed by atoms with Gasteiger partial charge in [0.15, 0.2) is 11.5 Å². The molecule has 0 bridgehead atoms. The summed E-state index contributed by atoms with van der Waals surface area (Å²) in [6, 6.07) is 8.75. The average Bonchev–Trinajstić information content (AvgIpc) is 2.67. The third kappa shape index (κ3) is 5.49. The zero-order valence-corrected chi connectivity index (χ0v) is 15.0. The van der Waals surface area contributed by atoms with E-state index in [9.17, 15) is 24.9 Å². The van der Waals surface area contributed by atoms with Gasteiger partial charge in [-0.1, -0.05) is 12.1 Å². The van der Waals surface area contributed by atoms with Gasteiger partial charge in [-0.2, -0.15) is 0 Å². The fourth-order valence-corrected chi connectivity index (χ4v) is 2.44. The molecule has 1 atom stereocenters. The summed E-state index contributed by atoms with van der Waals surface area (Å²) in [5.41, 5.74) is 1.21. The van der Waals surface area contributed by atoms with Crippen LogP contribution in [0.15, 0.2) is 42.5 Å². The van der Waals surface area contributed by atoms with E-state index >= 15 is 0 Å². The number of aliphatic hydroxyl groups excluding tert-OH is 1. The van der Waals surface area contributed by atoms with Crippen molar-refractivity contribution in [2.24, 2.45) is 0 Å². The van der Waals surface area contributed by atoms with Gasteiger partial charge in [-0.05, 0) is 41.5 Å². The second-order valence-electron chi connectivity index (χ2n) is 5.85. The molecule has 0 spiro atoms. The van der Waals surface area contributed by atoms with E-state index in [1.807, 2.05) is 0 Å². The first-order valence-electron chi connectivity index (χ1n) is 8.24. The number of carboxylic acids is 1. The van der Waals surface area contributed by atoms with Gasteiger partial charge in [-0.15, -0.1) is 0 Å². The molecule has 0 amide bonds. The third-order valence-electron chi connectivity index (χ3n) is 3.88. The standard InChI is InChI=1S/C20H20O8/c1-27-17-6-3-12(9-16(17)23)4-7-19(24)28-18(20(25)26)10-13-2-5-15(22)14(8-13)11-21/h2-9,18,21-23H,10-11H2,1H3,(H,25,26)/b7-4+. The smallest absolute Gasteiger partial charge is 0.345 e. The maximum atomic E-state index is 12.0. The van der Waals surface area contributed by atoms with Crippen LogP contribution >= 0.6 is 0 Å². The number of aliphatic hydroxyl groups is 1. The van der Waals surface area contributed by atoms with Crippen LogP contribution in [0.5, 0.6) is 17.2 Å². The van der Waals surface area contributed by atoms with Gasteiger partial charge in [0.2, 0.25) is 6.10 Å². The molecular formula is C20H20O8. The zero-order chi connectivity index (χ0) is 20.7. The number of aliphatic carboxylic acids is 1. The Morgan fingerprint density at radius 2 is 1.86 bits per heavy atom. The minimum Gasteiger partial charge on any atom is -0.508 e. The Balaban J connectivity index is 2.06. The summed E-state index contributed by atoms with van der Waals surface area (Å²) < 4.78 is 9.90. The molecule has 2 rings (SSSR count). The first kappa shape index (κ1) is 20.8. The van der Waals surface area contributed by atoms with E-state index in [0.717, 1.165) is 6.08 Å². The van der Waals surface area contributed by atoms with Gasteiger partial charge in [0, 0.05) is 18.1 Å². The fraction of sp³-hybridized carbons (Fsp3) is 0.200. The minimum absolute atomic E-state index is 0.103. The molecule has 0 aliphatic rings. The highest BCUT2D eigenvalue weighted by atomic mass is 16.6. The highest BCUT2D eigenvalue weighted by Crippen LogP contribution is 2.26. The molecule has 28 heavy (non-hydrogen) atoms. The maximum absolute atomic E-state index is 12.0. The van der Waals surface area contributed by atoms with Crippen molar-refractivity contribution >= 4 is 18.0 Å². The minimum atomic E-state index is -1.45. The van der Waals surface area contributed by atoms with Crippen LogP contribution in [0.4, 0.5) is 0 Å². The van der Waals surface area contributed by atoms with Crippen molar-refractivity contribution in [2.75, 3.05) is 7.11 Å². The Morgan fingerprint density at radius 3 is 2.46 bits per heavy atom. The van der Waals surface area contributed by atoms with Crippen LogP contribution in [0.3, 0.4) is 0 Å². The van der Waals surface area contributed by atoms with Crippen LogP contribution in [0.25, 0.3) is 6.08 Å². The molecule has 0 radical (unpaired) electrons. The van der Waals surface area contributed by atoms with Crippen LogP contribution < -0.4 is 4.74 Å². The van der Waals surface area contributed by atoms with E-state index in [4.69, 9.17) is 14.6 Å². The van der Waals surface area contributed by atoms with E-state index in [2.05, 4.69) is 0 Å². The predicted octanol–water partition coefficient (Wildman–Crippen LogP) is 1.85. The molecular weight excluding hydrogens is 368 g/mol. The molecule has 8 heteroatoms. The highest BCUT2D eigenvalue weighted by molar-refractivity contribution is 5.89. The molecule has 8 nitrogen and oxygen atoms in total. The molecule has 0 saturated heterocycles. The lowest BCUT2D eigenvalue weighted by Crippen LogP contribution is -2.28. The van der Waals surface area contributed by atoms with Crippen molar-refractivity contribution in [3.05, 3.63) is 59.2 Å². The van der Waals surface area contributed by atoms with E-state index in [1.165, 1.54) is 43.5 Å². The molecule has 0 aliphatic carbocycles. The SMILES string of the molecule is COc1ccc(/C=C/C(=O)OC(Cc2ccc(O)c(CO)c2)C(=O)O)cc1O. The van der Waals surface area contributed by atoms with E-state index < -0.39 is 24.6 Å². The first-order chi connectivity index (χ1) is 13.3. The first-order valence-corrected chi connectivity index (χ1v) is 8.24. The number of carboxylic acid groups (broad SMARTS) is 1. The lowest BCUT2D eigenvalue weighted by atomic mass is 10.0. The molecule has 148 valence electrons. The van der Waals surface area contributed by atoms with E-state index in [1.54, 1.807) is 6.07 Å². The van der Waals surface area contributed by atoms with Gasteiger partial charge in [0.05, 0.1) is 13.7 Å². The number of carbonyl (C=O) groups is 2. The molecule has 1 unspecified atom stereocenters. The maximum Gasteiger partial charge on any atom is 0.345 e. The molecule has 0 saturated carbocycles. The number of benzene rings is 2. The van der Waals surface area contributed by atoms with E-state index in [0.29, 0.717) is 11.1 Å². The second-order valence-corrected chi connectivity index (χ2v) is 5.85. The molecule has 0 heterocycles. The number of rotatable bonds is 8. The van der Waals surface area contributed by atoms with Gasteiger partial charge in [0.25, 0.3) is 0 Å². The van der Waals surface area contributed by atoms with Crippen LogP contribution in [0, 0.1) is 0 Å². The van der Waals surface area contributed by atoms with Crippen LogP contribution in [-0.2, 0) is 27.4 Å². The van der Waals surface area contributed by atoms with Gasteiger partial charge < -0.3 is 29.9 Å². The number of aromatic hydroxyl groups is 2. The van der Waals surface area contributed by atoms with Crippen molar-refractivity contribution < 1.29 is 39.5 Å². The number of hydrogen-bond acceptors (Lipinski definition) is 7. The normalized spacial score (nSPS) is 11.9. The molecule has 0 fully saturated rings. The highest BCUT2D eigenvalue weighted by Gasteiger charge is 2.22. The quantitative estimate of drug-likeness (QED) is 0.398. The average molecular weight is 388 g/mol. The topological polar surface area (TPSA) is 134 Å². The predicted molar refractivity (Wildman–Crippen MR) is 98.9 cm³/mol. The Labute approximate surface area is 160 Å². The summed E-state index contributed by atoms with van der Waals surface area (Å²) in [6.07, 6.45) is 0.835. The Hall–Kier alpha value is -3.52. The number of methoxy groups -OCH3 is 1. The lowest BCUT2D eigenvalue weighted by Gasteiger charge is -2.13. The summed E-state index contributed by atoms with van der Waals surface area (Å²) in [5, 5.41) is 37.7. The number of ether oxygens (including phenoxy) is 2. The van der Waals surface area contributed by atoms with Crippen LogP contribution in [0.1, 0.15) is 16.7 Å². The summed E-state index contributed by atoms with van der Waals surface area (Å²) in [4.78, 5) is 23.4. The monoisotopic (exact) mass is 388 g/mol. The van der Waals surface area contributed by atoms with Crippen molar-refractivity contribution in [3.63, 3.8) is 0 Å². The van der Waals surface area contributed by atoms with Gasteiger partial charge >= 0.3 is 11.9 Å². The van der Waals surface area contributed by atoms with Gasteiger partial charge in [-0.3, -0.25) is 0 Å². The second kappa shape index (κ2) is 9.43. The van der Waals surface area contributed by atoms with Gasteiger partial charge in [-0.25, -0.2) is 9.59 Å². The number of hydrogen-bond donors (Lipinski definition) is 4. The number of carbonyl (C=O) groups excluding carboxylic acids is 1. The zero-order valence-electron chi connectivity index (χ0n) is 15.0. The summed E-state index contributed by atoms with van der Waals surface area (Å²) in [7, 11) is 1.41. The van der Waals surface area contributed by atoms with Crippen molar-refractivity contribution in [3.8, 4) is 17.2 Å². The molecule has 0 aliphatic heterocycles. The van der Waals surface area contributed by atoms with Crippen molar-refractivity contribution in [2.45, 2.75) is 19.1 Å². The van der Waals surface area contributed by atoms with Crippen LogP contribution in [-0.4, -0.2) is 45.6 Å². The lowest BCUT2D eigenvalue weighted by molar-refractivity contribution is -0.160. The number of phenols is 2. The van der Waals surface area contributed by atoms with Crippen LogP contribution in [0.2, 0.25) is 0 Å². The largest absolute Gasteiger partial charge is 0.508 e. The molecule has 2 aromatic rings.